The topological polar surface area (TPSA) is 66.4 Å². The monoisotopic (exact) mass is 243 g/mol. The molecule has 4 nitrogen and oxygen atoms in total. The molecular weight excluding hydrogens is 226 g/mol. The number of rotatable bonds is 6. The number of sulfonamides is 1. The Morgan fingerprint density at radius 2 is 1.88 bits per heavy atom. The van der Waals surface area contributed by atoms with Crippen LogP contribution in [0, 0.1) is 0 Å². The van der Waals surface area contributed by atoms with Crippen molar-refractivity contribution in [2.24, 2.45) is 0 Å². The van der Waals surface area contributed by atoms with Crippen LogP contribution in [-0.2, 0) is 16.4 Å². The Hall–Kier alpha value is -1.07. The fraction of sp³-hybridized carbons (Fsp3) is 0.455. The Kier molecular flexibility index (Phi) is 4.76. The number of aryl methyl sites for hydroxylation is 1. The van der Waals surface area contributed by atoms with Crippen LogP contribution in [0.1, 0.15) is 18.9 Å². The van der Waals surface area contributed by atoms with Gasteiger partial charge in [-0.15, -0.1) is 0 Å². The van der Waals surface area contributed by atoms with Crippen LogP contribution in [0.2, 0.25) is 0 Å². The molecule has 0 bridgehead atoms. The van der Waals surface area contributed by atoms with E-state index in [0.717, 1.165) is 18.4 Å². The third-order valence-corrected chi connectivity index (χ3v) is 3.68. The summed E-state index contributed by atoms with van der Waals surface area (Å²) in [5.74, 6) is 0.363. The fourth-order valence-corrected chi connectivity index (χ4v) is 1.94. The SMILES string of the molecule is CCS(=O)(=O)NCCCc1ccc(O)cc1. The molecule has 0 saturated carbocycles. The predicted octanol–water partition coefficient (Wildman–Crippen LogP) is 1.26. The molecule has 0 heterocycles. The zero-order chi connectivity index (χ0) is 12.0. The largest absolute Gasteiger partial charge is 0.508 e. The van der Waals surface area contributed by atoms with Crippen molar-refractivity contribution in [3.8, 4) is 5.75 Å². The van der Waals surface area contributed by atoms with Crippen molar-refractivity contribution in [2.45, 2.75) is 19.8 Å². The van der Waals surface area contributed by atoms with Gasteiger partial charge in [-0.3, -0.25) is 0 Å². The molecule has 0 aliphatic carbocycles. The van der Waals surface area contributed by atoms with Gasteiger partial charge in [0, 0.05) is 6.54 Å². The first-order valence-corrected chi connectivity index (χ1v) is 6.94. The van der Waals surface area contributed by atoms with Crippen LogP contribution in [0.3, 0.4) is 0 Å². The maximum absolute atomic E-state index is 11.1. The van der Waals surface area contributed by atoms with Crippen molar-refractivity contribution in [1.29, 1.82) is 0 Å². The molecule has 0 aliphatic rings. The lowest BCUT2D eigenvalue weighted by Crippen LogP contribution is -2.26. The van der Waals surface area contributed by atoms with Crippen molar-refractivity contribution < 1.29 is 13.5 Å². The van der Waals surface area contributed by atoms with E-state index >= 15 is 0 Å². The second kappa shape index (κ2) is 5.86. The number of nitrogens with one attached hydrogen (secondary N) is 1. The van der Waals surface area contributed by atoms with Crippen molar-refractivity contribution in [1.82, 2.24) is 4.72 Å². The summed E-state index contributed by atoms with van der Waals surface area (Å²) in [4.78, 5) is 0. The van der Waals surface area contributed by atoms with E-state index in [1.54, 1.807) is 19.1 Å². The molecule has 0 atom stereocenters. The highest BCUT2D eigenvalue weighted by molar-refractivity contribution is 7.89. The van der Waals surface area contributed by atoms with Gasteiger partial charge in [0.2, 0.25) is 10.0 Å². The predicted molar refractivity (Wildman–Crippen MR) is 63.9 cm³/mol. The minimum atomic E-state index is -3.07. The van der Waals surface area contributed by atoms with E-state index in [-0.39, 0.29) is 11.5 Å². The molecule has 0 amide bonds. The van der Waals surface area contributed by atoms with Gasteiger partial charge in [-0.2, -0.15) is 0 Å². The highest BCUT2D eigenvalue weighted by atomic mass is 32.2. The summed E-state index contributed by atoms with van der Waals surface area (Å²) in [5.41, 5.74) is 1.09. The van der Waals surface area contributed by atoms with Crippen LogP contribution in [0.4, 0.5) is 0 Å². The number of phenols is 1. The van der Waals surface area contributed by atoms with Crippen LogP contribution >= 0.6 is 0 Å². The molecule has 0 aromatic heterocycles. The quantitative estimate of drug-likeness (QED) is 0.739. The smallest absolute Gasteiger partial charge is 0.211 e. The molecule has 0 unspecified atom stereocenters. The average Bonchev–Trinajstić information content (AvgIpc) is 2.27. The van der Waals surface area contributed by atoms with Crippen molar-refractivity contribution in [3.05, 3.63) is 29.8 Å². The third kappa shape index (κ3) is 4.63. The standard InChI is InChI=1S/C11H17NO3S/c1-2-16(14,15)12-9-3-4-10-5-7-11(13)8-6-10/h5-8,12-13H,2-4,9H2,1H3. The summed E-state index contributed by atoms with van der Waals surface area (Å²) in [7, 11) is -3.07. The fourth-order valence-electron chi connectivity index (χ4n) is 1.28. The van der Waals surface area contributed by atoms with Gasteiger partial charge in [-0.05, 0) is 37.5 Å². The van der Waals surface area contributed by atoms with E-state index in [2.05, 4.69) is 4.72 Å². The minimum Gasteiger partial charge on any atom is -0.508 e. The van der Waals surface area contributed by atoms with Crippen molar-refractivity contribution >= 4 is 10.0 Å². The molecular formula is C11H17NO3S. The molecule has 2 N–H and O–H groups in total. The molecule has 1 aromatic carbocycles. The first-order valence-electron chi connectivity index (χ1n) is 5.29. The molecule has 0 radical (unpaired) electrons. The van der Waals surface area contributed by atoms with Gasteiger partial charge in [0.05, 0.1) is 5.75 Å². The van der Waals surface area contributed by atoms with Gasteiger partial charge >= 0.3 is 0 Å². The van der Waals surface area contributed by atoms with Gasteiger partial charge in [0.25, 0.3) is 0 Å². The Morgan fingerprint density at radius 3 is 2.44 bits per heavy atom. The lowest BCUT2D eigenvalue weighted by atomic mass is 10.1. The van der Waals surface area contributed by atoms with Crippen LogP contribution < -0.4 is 4.72 Å². The maximum Gasteiger partial charge on any atom is 0.211 e. The Bertz CT molecular complexity index is 411. The summed E-state index contributed by atoms with van der Waals surface area (Å²) in [6.45, 7) is 2.07. The van der Waals surface area contributed by atoms with Crippen LogP contribution in [0.15, 0.2) is 24.3 Å². The Labute approximate surface area is 96.4 Å². The molecule has 1 rings (SSSR count). The highest BCUT2D eigenvalue weighted by Gasteiger charge is 2.04. The first-order chi connectivity index (χ1) is 7.53. The number of hydrogen-bond acceptors (Lipinski definition) is 3. The zero-order valence-corrected chi connectivity index (χ0v) is 10.1. The van der Waals surface area contributed by atoms with Crippen LogP contribution in [0.25, 0.3) is 0 Å². The van der Waals surface area contributed by atoms with E-state index in [1.807, 2.05) is 12.1 Å². The van der Waals surface area contributed by atoms with Crippen LogP contribution in [0.5, 0.6) is 5.75 Å². The lowest BCUT2D eigenvalue weighted by Gasteiger charge is -2.04. The van der Waals surface area contributed by atoms with E-state index in [0.29, 0.717) is 6.54 Å². The van der Waals surface area contributed by atoms with Crippen LogP contribution in [-0.4, -0.2) is 25.8 Å². The second-order valence-corrected chi connectivity index (χ2v) is 5.66. The summed E-state index contributed by atoms with van der Waals surface area (Å²) in [6.07, 6.45) is 1.55. The van der Waals surface area contributed by atoms with Gasteiger partial charge < -0.3 is 5.11 Å². The average molecular weight is 243 g/mol. The summed E-state index contributed by atoms with van der Waals surface area (Å²) in [6, 6.07) is 6.93. The Balaban J connectivity index is 2.29. The van der Waals surface area contributed by atoms with E-state index < -0.39 is 10.0 Å². The highest BCUT2D eigenvalue weighted by Crippen LogP contribution is 2.10. The maximum atomic E-state index is 11.1. The number of benzene rings is 1. The third-order valence-electron chi connectivity index (χ3n) is 2.28. The second-order valence-electron chi connectivity index (χ2n) is 3.57. The summed E-state index contributed by atoms with van der Waals surface area (Å²) < 4.78 is 24.7. The van der Waals surface area contributed by atoms with E-state index in [4.69, 9.17) is 5.11 Å². The molecule has 0 saturated heterocycles. The normalized spacial score (nSPS) is 11.6. The summed E-state index contributed by atoms with van der Waals surface area (Å²) >= 11 is 0. The van der Waals surface area contributed by atoms with Gasteiger partial charge in [-0.25, -0.2) is 13.1 Å². The number of phenolic OH excluding ortho intramolecular Hbond substituents is 1. The minimum absolute atomic E-state index is 0.117. The molecule has 16 heavy (non-hydrogen) atoms. The summed E-state index contributed by atoms with van der Waals surface area (Å²) in [5, 5.41) is 9.08. The van der Waals surface area contributed by atoms with Gasteiger partial charge in [-0.1, -0.05) is 12.1 Å². The molecule has 1 aromatic rings. The molecule has 5 heteroatoms. The van der Waals surface area contributed by atoms with E-state index in [1.165, 1.54) is 0 Å². The Morgan fingerprint density at radius 1 is 1.25 bits per heavy atom. The van der Waals surface area contributed by atoms with Gasteiger partial charge in [0.1, 0.15) is 5.75 Å². The molecule has 0 fully saturated rings. The molecule has 90 valence electrons. The molecule has 0 spiro atoms. The number of hydrogen-bond donors (Lipinski definition) is 2. The zero-order valence-electron chi connectivity index (χ0n) is 9.31. The first kappa shape index (κ1) is 13.0. The number of aromatic hydroxyl groups is 1. The van der Waals surface area contributed by atoms with Gasteiger partial charge in [0.15, 0.2) is 0 Å². The lowest BCUT2D eigenvalue weighted by molar-refractivity contribution is 0.475. The van der Waals surface area contributed by atoms with Crippen molar-refractivity contribution in [3.63, 3.8) is 0 Å². The molecule has 0 aliphatic heterocycles. The van der Waals surface area contributed by atoms with E-state index in [9.17, 15) is 8.42 Å². The van der Waals surface area contributed by atoms with Crippen molar-refractivity contribution in [2.75, 3.05) is 12.3 Å².